The Kier molecular flexibility index (Phi) is 4.38. The van der Waals surface area contributed by atoms with Gasteiger partial charge in [0.15, 0.2) is 5.60 Å². The number of aliphatic hydroxyl groups is 1. The molecule has 1 aliphatic carbocycles. The molecule has 94 valence electrons. The molecule has 0 aliphatic heterocycles. The summed E-state index contributed by atoms with van der Waals surface area (Å²) in [5.74, 6) is 0. The summed E-state index contributed by atoms with van der Waals surface area (Å²) in [5, 5.41) is 9.68. The summed E-state index contributed by atoms with van der Waals surface area (Å²) in [7, 11) is 0. The molecule has 0 aromatic carbocycles. The van der Waals surface area contributed by atoms with Gasteiger partial charge in [0.05, 0.1) is 0 Å². The van der Waals surface area contributed by atoms with Crippen LogP contribution in [0.4, 0.5) is 13.2 Å². The molecule has 1 unspecified atom stereocenters. The zero-order valence-corrected chi connectivity index (χ0v) is 9.19. The van der Waals surface area contributed by atoms with Crippen molar-refractivity contribution in [3.63, 3.8) is 0 Å². The first-order valence-electron chi connectivity index (χ1n) is 5.60. The van der Waals surface area contributed by atoms with Gasteiger partial charge in [0.2, 0.25) is 0 Å². The molecule has 0 fully saturated rings. The first-order valence-corrected chi connectivity index (χ1v) is 5.60. The second kappa shape index (κ2) is 5.19. The summed E-state index contributed by atoms with van der Waals surface area (Å²) in [6.07, 6.45) is 1.21. The first-order chi connectivity index (χ1) is 7.42. The number of hydrogen-bond acceptors (Lipinski definition) is 2. The summed E-state index contributed by atoms with van der Waals surface area (Å²) >= 11 is 0. The topological polar surface area (TPSA) is 46.2 Å². The number of rotatable bonds is 2. The second-order valence-electron chi connectivity index (χ2n) is 4.24. The molecule has 0 amide bonds. The van der Waals surface area contributed by atoms with E-state index in [1.807, 2.05) is 0 Å². The van der Waals surface area contributed by atoms with Crippen LogP contribution in [0.1, 0.15) is 38.5 Å². The fraction of sp³-hybridized carbons (Fsp3) is 0.818. The molecule has 2 nitrogen and oxygen atoms in total. The first kappa shape index (κ1) is 13.5. The predicted octanol–water partition coefficient (Wildman–Crippen LogP) is 2.52. The van der Waals surface area contributed by atoms with Gasteiger partial charge in [-0.05, 0) is 31.3 Å². The highest BCUT2D eigenvalue weighted by Gasteiger charge is 2.54. The summed E-state index contributed by atoms with van der Waals surface area (Å²) < 4.78 is 38.3. The zero-order chi connectivity index (χ0) is 12.2. The van der Waals surface area contributed by atoms with E-state index < -0.39 is 18.3 Å². The van der Waals surface area contributed by atoms with Crippen molar-refractivity contribution in [1.82, 2.24) is 0 Å². The Morgan fingerprint density at radius 2 is 1.81 bits per heavy atom. The molecule has 1 rings (SSSR count). The molecule has 1 atom stereocenters. The van der Waals surface area contributed by atoms with Crippen molar-refractivity contribution >= 4 is 0 Å². The van der Waals surface area contributed by atoms with Crippen LogP contribution >= 0.6 is 0 Å². The Morgan fingerprint density at radius 3 is 2.38 bits per heavy atom. The largest absolute Gasteiger partial charge is 0.422 e. The maximum absolute atomic E-state index is 12.8. The van der Waals surface area contributed by atoms with Crippen LogP contribution in [0.25, 0.3) is 0 Å². The van der Waals surface area contributed by atoms with E-state index in [4.69, 9.17) is 5.73 Å². The summed E-state index contributed by atoms with van der Waals surface area (Å²) in [4.78, 5) is 0. The Morgan fingerprint density at radius 1 is 1.19 bits per heavy atom. The monoisotopic (exact) mass is 237 g/mol. The van der Waals surface area contributed by atoms with Crippen LogP contribution in [0.3, 0.4) is 0 Å². The van der Waals surface area contributed by atoms with E-state index in [1.54, 1.807) is 0 Å². The van der Waals surface area contributed by atoms with E-state index in [-0.39, 0.29) is 12.0 Å². The maximum Gasteiger partial charge on any atom is 0.422 e. The Hall–Kier alpha value is -0.550. The van der Waals surface area contributed by atoms with Gasteiger partial charge in [0, 0.05) is 6.54 Å². The van der Waals surface area contributed by atoms with Crippen molar-refractivity contribution in [2.75, 3.05) is 6.54 Å². The number of allylic oxidation sites excluding steroid dienone is 1. The molecule has 5 heteroatoms. The van der Waals surface area contributed by atoms with E-state index in [0.29, 0.717) is 12.8 Å². The van der Waals surface area contributed by atoms with Crippen LogP contribution in [-0.4, -0.2) is 23.4 Å². The Bertz CT molecular complexity index is 262. The summed E-state index contributed by atoms with van der Waals surface area (Å²) in [6.45, 7) is -0.803. The molecule has 0 bridgehead atoms. The molecule has 0 radical (unpaired) electrons. The van der Waals surface area contributed by atoms with E-state index >= 15 is 0 Å². The zero-order valence-electron chi connectivity index (χ0n) is 9.19. The SMILES string of the molecule is NCC(O)(/C1=C/CCCCCC1)C(F)(F)F. The summed E-state index contributed by atoms with van der Waals surface area (Å²) in [6, 6.07) is 0. The van der Waals surface area contributed by atoms with Gasteiger partial charge in [-0.15, -0.1) is 0 Å². The minimum Gasteiger partial charge on any atom is -0.376 e. The smallest absolute Gasteiger partial charge is 0.376 e. The highest BCUT2D eigenvalue weighted by Crippen LogP contribution is 2.38. The van der Waals surface area contributed by atoms with Crippen LogP contribution < -0.4 is 5.73 Å². The van der Waals surface area contributed by atoms with Crippen LogP contribution in [0.15, 0.2) is 11.6 Å². The van der Waals surface area contributed by atoms with Crippen molar-refractivity contribution in [3.05, 3.63) is 11.6 Å². The van der Waals surface area contributed by atoms with Gasteiger partial charge in [0.25, 0.3) is 0 Å². The molecule has 3 N–H and O–H groups in total. The molecule has 0 saturated carbocycles. The normalized spacial score (nSPS) is 26.2. The average molecular weight is 237 g/mol. The van der Waals surface area contributed by atoms with Crippen molar-refractivity contribution in [2.24, 2.45) is 5.73 Å². The van der Waals surface area contributed by atoms with Crippen LogP contribution in [0.5, 0.6) is 0 Å². The lowest BCUT2D eigenvalue weighted by Crippen LogP contribution is -2.52. The predicted molar refractivity (Wildman–Crippen MR) is 55.8 cm³/mol. The third kappa shape index (κ3) is 2.77. The second-order valence-corrected chi connectivity index (χ2v) is 4.24. The van der Waals surface area contributed by atoms with Gasteiger partial charge in [-0.1, -0.05) is 18.9 Å². The lowest BCUT2D eigenvalue weighted by Gasteiger charge is -2.32. The third-order valence-corrected chi connectivity index (χ3v) is 3.09. The van der Waals surface area contributed by atoms with Gasteiger partial charge in [-0.3, -0.25) is 0 Å². The molecular weight excluding hydrogens is 219 g/mol. The van der Waals surface area contributed by atoms with Crippen molar-refractivity contribution < 1.29 is 18.3 Å². The fourth-order valence-electron chi connectivity index (χ4n) is 2.00. The minimum atomic E-state index is -4.69. The highest BCUT2D eigenvalue weighted by molar-refractivity contribution is 5.21. The van der Waals surface area contributed by atoms with Gasteiger partial charge in [-0.2, -0.15) is 13.2 Å². The summed E-state index contributed by atoms with van der Waals surface area (Å²) in [5.41, 5.74) is 2.32. The van der Waals surface area contributed by atoms with Gasteiger partial charge < -0.3 is 10.8 Å². The third-order valence-electron chi connectivity index (χ3n) is 3.09. The fourth-order valence-corrected chi connectivity index (χ4v) is 2.00. The molecule has 1 aliphatic rings. The number of hydrogen-bond donors (Lipinski definition) is 2. The molecule has 16 heavy (non-hydrogen) atoms. The maximum atomic E-state index is 12.8. The minimum absolute atomic E-state index is 0.0437. The van der Waals surface area contributed by atoms with Gasteiger partial charge in [0.1, 0.15) is 0 Å². The van der Waals surface area contributed by atoms with E-state index in [2.05, 4.69) is 0 Å². The lowest BCUT2D eigenvalue weighted by atomic mass is 9.86. The van der Waals surface area contributed by atoms with Crippen LogP contribution in [0, 0.1) is 0 Å². The molecule has 0 aromatic rings. The standard InChI is InChI=1S/C11H18F3NO/c12-11(13,14)10(16,8-15)9-6-4-2-1-3-5-7-9/h6,16H,1-5,7-8,15H2/b9-6+. The molecular formula is C11H18F3NO. The molecule has 0 heterocycles. The quantitative estimate of drug-likeness (QED) is 0.725. The molecule has 0 saturated heterocycles. The molecule has 0 spiro atoms. The number of halogens is 3. The van der Waals surface area contributed by atoms with Crippen molar-refractivity contribution in [3.8, 4) is 0 Å². The van der Waals surface area contributed by atoms with Crippen molar-refractivity contribution in [1.29, 1.82) is 0 Å². The highest BCUT2D eigenvalue weighted by atomic mass is 19.4. The Labute approximate surface area is 93.3 Å². The van der Waals surface area contributed by atoms with Gasteiger partial charge >= 0.3 is 6.18 Å². The Balaban J connectivity index is 2.93. The lowest BCUT2D eigenvalue weighted by molar-refractivity contribution is -0.240. The van der Waals surface area contributed by atoms with E-state index in [9.17, 15) is 18.3 Å². The van der Waals surface area contributed by atoms with Crippen molar-refractivity contribution in [2.45, 2.75) is 50.3 Å². The number of alkyl halides is 3. The van der Waals surface area contributed by atoms with E-state index in [0.717, 1.165) is 19.3 Å². The molecule has 0 aromatic heterocycles. The van der Waals surface area contributed by atoms with Gasteiger partial charge in [-0.25, -0.2) is 0 Å². The number of nitrogens with two attached hydrogens (primary N) is 1. The average Bonchev–Trinajstić information content (AvgIpc) is 2.14. The van der Waals surface area contributed by atoms with Crippen LogP contribution in [-0.2, 0) is 0 Å². The van der Waals surface area contributed by atoms with Crippen LogP contribution in [0.2, 0.25) is 0 Å². The van der Waals surface area contributed by atoms with E-state index in [1.165, 1.54) is 6.08 Å².